The highest BCUT2D eigenvalue weighted by Gasteiger charge is 2.17. The first-order valence-electron chi connectivity index (χ1n) is 18.3. The molecule has 0 aliphatic heterocycles. The summed E-state index contributed by atoms with van der Waals surface area (Å²) in [6.45, 7) is 0. The van der Waals surface area contributed by atoms with E-state index in [2.05, 4.69) is 146 Å². The van der Waals surface area contributed by atoms with Crippen LogP contribution in [0.15, 0.2) is 194 Å². The zero-order valence-corrected chi connectivity index (χ0v) is 30.5. The number of aromatic nitrogens is 4. The zero-order valence-electron chi connectivity index (χ0n) is 29.7. The Kier molecular flexibility index (Phi) is 8.32. The Hall–Kier alpha value is -7.08. The highest BCUT2D eigenvalue weighted by atomic mass is 32.1. The Morgan fingerprint density at radius 2 is 0.727 bits per heavy atom. The maximum atomic E-state index is 5.18. The molecule has 0 bridgehead atoms. The van der Waals surface area contributed by atoms with E-state index in [-0.39, 0.29) is 0 Å². The Morgan fingerprint density at radius 1 is 0.291 bits per heavy atom. The number of hydrogen-bond donors (Lipinski definition) is 0. The van der Waals surface area contributed by atoms with Crippen LogP contribution in [0, 0.1) is 0 Å². The fourth-order valence-corrected chi connectivity index (χ4v) is 8.35. The van der Waals surface area contributed by atoms with Crippen molar-refractivity contribution in [3.05, 3.63) is 194 Å². The average Bonchev–Trinajstić information content (AvgIpc) is 3.66. The van der Waals surface area contributed by atoms with E-state index >= 15 is 0 Å². The molecule has 0 radical (unpaired) electrons. The van der Waals surface area contributed by atoms with Gasteiger partial charge in [-0.05, 0) is 35.4 Å². The second-order valence-electron chi connectivity index (χ2n) is 13.5. The number of thiophene rings is 1. The molecular formula is C50H32N4S. The van der Waals surface area contributed by atoms with Crippen LogP contribution < -0.4 is 0 Å². The van der Waals surface area contributed by atoms with Crippen molar-refractivity contribution < 1.29 is 0 Å². The molecule has 5 heteroatoms. The van der Waals surface area contributed by atoms with E-state index in [0.717, 1.165) is 56.2 Å². The van der Waals surface area contributed by atoms with Gasteiger partial charge in [-0.3, -0.25) is 0 Å². The van der Waals surface area contributed by atoms with Gasteiger partial charge in [0, 0.05) is 53.6 Å². The fourth-order valence-electron chi connectivity index (χ4n) is 7.18. The van der Waals surface area contributed by atoms with Crippen LogP contribution in [0.1, 0.15) is 0 Å². The Morgan fingerprint density at radius 3 is 1.33 bits per heavy atom. The van der Waals surface area contributed by atoms with Crippen molar-refractivity contribution in [2.45, 2.75) is 0 Å². The van der Waals surface area contributed by atoms with Gasteiger partial charge in [-0.2, -0.15) is 0 Å². The van der Waals surface area contributed by atoms with Crippen LogP contribution in [0.5, 0.6) is 0 Å². The van der Waals surface area contributed by atoms with Crippen molar-refractivity contribution >= 4 is 31.5 Å². The highest BCUT2D eigenvalue weighted by molar-refractivity contribution is 7.26. The first kappa shape index (κ1) is 32.6. The molecule has 0 fully saturated rings. The zero-order chi connectivity index (χ0) is 36.6. The van der Waals surface area contributed by atoms with Crippen molar-refractivity contribution in [1.29, 1.82) is 0 Å². The van der Waals surface area contributed by atoms with Gasteiger partial charge in [0.25, 0.3) is 0 Å². The van der Waals surface area contributed by atoms with Crippen molar-refractivity contribution in [2.24, 2.45) is 0 Å². The predicted molar refractivity (Wildman–Crippen MR) is 229 cm³/mol. The van der Waals surface area contributed by atoms with Gasteiger partial charge in [-0.1, -0.05) is 170 Å². The molecular weight excluding hydrogens is 689 g/mol. The van der Waals surface area contributed by atoms with Crippen LogP contribution in [0.4, 0.5) is 0 Å². The monoisotopic (exact) mass is 720 g/mol. The van der Waals surface area contributed by atoms with Gasteiger partial charge in [-0.25, -0.2) is 19.9 Å². The topological polar surface area (TPSA) is 51.6 Å². The third kappa shape index (κ3) is 6.37. The number of fused-ring (bicyclic) bond motifs is 3. The number of rotatable bonds is 7. The lowest BCUT2D eigenvalue weighted by atomic mass is 10.00. The third-order valence-electron chi connectivity index (χ3n) is 9.94. The van der Waals surface area contributed by atoms with Crippen molar-refractivity contribution in [3.63, 3.8) is 0 Å². The molecule has 3 heterocycles. The van der Waals surface area contributed by atoms with Gasteiger partial charge in [0.1, 0.15) is 0 Å². The minimum atomic E-state index is 0.700. The smallest absolute Gasteiger partial charge is 0.160 e. The van der Waals surface area contributed by atoms with Crippen LogP contribution in [-0.4, -0.2) is 19.9 Å². The molecule has 0 atom stereocenters. The summed E-state index contributed by atoms with van der Waals surface area (Å²) in [5.74, 6) is 1.41. The normalized spacial score (nSPS) is 11.3. The molecule has 0 saturated heterocycles. The van der Waals surface area contributed by atoms with Crippen molar-refractivity contribution in [2.75, 3.05) is 0 Å². The summed E-state index contributed by atoms with van der Waals surface area (Å²) in [7, 11) is 0. The van der Waals surface area contributed by atoms with Gasteiger partial charge >= 0.3 is 0 Å². The molecule has 0 amide bonds. The number of hydrogen-bond acceptors (Lipinski definition) is 5. The fraction of sp³-hybridized carbons (Fsp3) is 0. The number of benzene rings is 7. The molecule has 0 N–H and O–H groups in total. The minimum Gasteiger partial charge on any atom is -0.228 e. The third-order valence-corrected chi connectivity index (χ3v) is 11.1. The van der Waals surface area contributed by atoms with Crippen LogP contribution in [0.25, 0.3) is 99.1 Å². The van der Waals surface area contributed by atoms with Crippen LogP contribution >= 0.6 is 11.3 Å². The van der Waals surface area contributed by atoms with Crippen LogP contribution in [0.3, 0.4) is 0 Å². The summed E-state index contributed by atoms with van der Waals surface area (Å²) in [4.78, 5) is 20.4. The molecule has 10 aromatic rings. The Labute approximate surface area is 323 Å². The first-order valence-corrected chi connectivity index (χ1v) is 19.1. The highest BCUT2D eigenvalue weighted by Crippen LogP contribution is 2.42. The van der Waals surface area contributed by atoms with E-state index in [4.69, 9.17) is 19.9 Å². The molecule has 55 heavy (non-hydrogen) atoms. The van der Waals surface area contributed by atoms with Crippen LogP contribution in [0.2, 0.25) is 0 Å². The summed E-state index contributed by atoms with van der Waals surface area (Å²) in [5.41, 5.74) is 12.1. The van der Waals surface area contributed by atoms with E-state index in [0.29, 0.717) is 11.6 Å². The van der Waals surface area contributed by atoms with Gasteiger partial charge in [0.15, 0.2) is 11.6 Å². The second kappa shape index (κ2) is 14.0. The van der Waals surface area contributed by atoms with Gasteiger partial charge < -0.3 is 0 Å². The molecule has 7 aromatic carbocycles. The SMILES string of the molecule is c1ccc(-c2ccc(-c3cc(-c4ccc5c(c4)sc4cccc(-c6cc(-c7ccccc7)nc(-c7ccccc7)n6)c45)nc(-c4ccccc4)n3)cc2)cc1. The van der Waals surface area contributed by atoms with E-state index < -0.39 is 0 Å². The quantitative estimate of drug-likeness (QED) is 0.164. The lowest BCUT2D eigenvalue weighted by Crippen LogP contribution is -1.96. The van der Waals surface area contributed by atoms with Gasteiger partial charge in [-0.15, -0.1) is 11.3 Å². The summed E-state index contributed by atoms with van der Waals surface area (Å²) in [6.07, 6.45) is 0. The van der Waals surface area contributed by atoms with E-state index in [1.807, 2.05) is 48.5 Å². The van der Waals surface area contributed by atoms with Crippen LogP contribution in [-0.2, 0) is 0 Å². The predicted octanol–water partition coefficient (Wildman–Crippen LogP) is 13.3. The Balaban J connectivity index is 1.10. The first-order chi connectivity index (χ1) is 27.2. The molecule has 258 valence electrons. The standard InChI is InChI=1S/C50H32N4S/c1-5-14-33(15-6-1)34-24-26-36(27-25-34)42-31-44(53-49(51-42)37-18-9-3-10-19-37)39-28-29-41-47(30-39)55-46-23-13-22-40(48(41)46)45-32-43(35-16-7-2-8-17-35)52-50(54-45)38-20-11-4-12-21-38/h1-32H. The molecule has 3 aromatic heterocycles. The number of nitrogens with zero attached hydrogens (tertiary/aromatic N) is 4. The van der Waals surface area contributed by atoms with Gasteiger partial charge in [0.2, 0.25) is 0 Å². The average molecular weight is 721 g/mol. The van der Waals surface area contributed by atoms with Crippen molar-refractivity contribution in [3.8, 4) is 78.9 Å². The Bertz CT molecular complexity index is 2890. The summed E-state index contributed by atoms with van der Waals surface area (Å²) in [5, 5.41) is 2.38. The maximum Gasteiger partial charge on any atom is 0.160 e. The largest absolute Gasteiger partial charge is 0.228 e. The molecule has 0 spiro atoms. The molecule has 0 unspecified atom stereocenters. The lowest BCUT2D eigenvalue weighted by molar-refractivity contribution is 1.18. The van der Waals surface area contributed by atoms with Crippen molar-refractivity contribution in [1.82, 2.24) is 19.9 Å². The van der Waals surface area contributed by atoms with E-state index in [1.165, 1.54) is 31.3 Å². The maximum absolute atomic E-state index is 5.18. The molecule has 0 saturated carbocycles. The van der Waals surface area contributed by atoms with Gasteiger partial charge in [0.05, 0.1) is 22.8 Å². The summed E-state index contributed by atoms with van der Waals surface area (Å²) < 4.78 is 2.40. The lowest BCUT2D eigenvalue weighted by Gasteiger charge is -2.11. The minimum absolute atomic E-state index is 0.700. The molecule has 4 nitrogen and oxygen atoms in total. The summed E-state index contributed by atoms with van der Waals surface area (Å²) in [6, 6.07) is 67.3. The summed E-state index contributed by atoms with van der Waals surface area (Å²) >= 11 is 1.79. The molecule has 0 aliphatic carbocycles. The van der Waals surface area contributed by atoms with E-state index in [1.54, 1.807) is 11.3 Å². The molecule has 0 aliphatic rings. The molecule has 10 rings (SSSR count). The van der Waals surface area contributed by atoms with E-state index in [9.17, 15) is 0 Å². The second-order valence-corrected chi connectivity index (χ2v) is 14.5.